The number of benzene rings is 1. The third-order valence-electron chi connectivity index (χ3n) is 1.45. The highest BCUT2D eigenvalue weighted by Gasteiger charge is 2.15. The number of hydrogen-bond acceptors (Lipinski definition) is 4. The van der Waals surface area contributed by atoms with Crippen LogP contribution >= 0.6 is 0 Å². The van der Waals surface area contributed by atoms with Crippen LogP contribution in [-0.2, 0) is 14.8 Å². The molecule has 15 heavy (non-hydrogen) atoms. The zero-order valence-electron chi connectivity index (χ0n) is 7.23. The number of sulfonamides is 1. The van der Waals surface area contributed by atoms with E-state index in [0.717, 1.165) is 0 Å². The van der Waals surface area contributed by atoms with E-state index in [1.807, 2.05) is 0 Å². The third kappa shape index (κ3) is 2.41. The number of nitrogens with zero attached hydrogens (tertiary/aromatic N) is 4. The highest BCUT2D eigenvalue weighted by atomic mass is 32.2. The average Bonchev–Trinajstić information content (AvgIpc) is 2.19. The lowest BCUT2D eigenvalue weighted by atomic mass is 10.3. The molecule has 1 aromatic carbocycles. The van der Waals surface area contributed by atoms with Gasteiger partial charge in [-0.25, -0.2) is 13.2 Å². The molecule has 76 valence electrons. The minimum Gasteiger partial charge on any atom is -0.216 e. The topological polar surface area (TPSA) is 112 Å². The molecule has 0 amide bonds. The summed E-state index contributed by atoms with van der Waals surface area (Å²) in [4.78, 5) is 15.1. The van der Waals surface area contributed by atoms with Crippen molar-refractivity contribution in [1.29, 1.82) is 0 Å². The summed E-state index contributed by atoms with van der Waals surface area (Å²) in [6.07, 6.45) is 1.21. The fourth-order valence-electron chi connectivity index (χ4n) is 0.909. The Morgan fingerprint density at radius 2 is 2.00 bits per heavy atom. The van der Waals surface area contributed by atoms with Gasteiger partial charge in [0, 0.05) is 9.43 Å². The Balaban J connectivity index is 3.50. The number of aliphatic imine (C=N–C) groups is 1. The Morgan fingerprint density at radius 3 is 2.60 bits per heavy atom. The number of rotatable bonds is 3. The van der Waals surface area contributed by atoms with Crippen molar-refractivity contribution in [1.82, 2.24) is 0 Å². The van der Waals surface area contributed by atoms with Crippen LogP contribution in [0.2, 0.25) is 0 Å². The van der Waals surface area contributed by atoms with E-state index < -0.39 is 10.0 Å². The Hall–Kier alpha value is -2.14. The molecule has 0 atom stereocenters. The molecule has 0 radical (unpaired) electrons. The van der Waals surface area contributed by atoms with Gasteiger partial charge in [-0.05, 0) is 17.7 Å². The molecule has 0 N–H and O–H groups in total. The number of para-hydroxylation sites is 1. The van der Waals surface area contributed by atoms with Crippen LogP contribution in [0.1, 0.15) is 0 Å². The van der Waals surface area contributed by atoms with Crippen molar-refractivity contribution >= 4 is 21.8 Å². The van der Waals surface area contributed by atoms with Crippen molar-refractivity contribution in [3.63, 3.8) is 0 Å². The van der Waals surface area contributed by atoms with E-state index in [1.54, 1.807) is 0 Å². The molecule has 0 saturated carbocycles. The van der Waals surface area contributed by atoms with Gasteiger partial charge in [-0.2, -0.15) is 4.99 Å². The predicted molar refractivity (Wildman–Crippen MR) is 50.6 cm³/mol. The average molecular weight is 224 g/mol. The van der Waals surface area contributed by atoms with Crippen LogP contribution in [0.15, 0.2) is 38.7 Å². The fraction of sp³-hybridized carbons (Fsp3) is 0. The first-order valence-electron chi connectivity index (χ1n) is 3.60. The van der Waals surface area contributed by atoms with Crippen LogP contribution in [0.25, 0.3) is 10.4 Å². The molecule has 0 saturated heterocycles. The van der Waals surface area contributed by atoms with Crippen molar-refractivity contribution in [2.75, 3.05) is 0 Å². The second-order valence-electron chi connectivity index (χ2n) is 2.32. The normalized spacial score (nSPS) is 9.87. The monoisotopic (exact) mass is 224 g/mol. The number of hydrogen-bond donors (Lipinski definition) is 0. The predicted octanol–water partition coefficient (Wildman–Crippen LogP) is 1.65. The molecule has 0 aliphatic rings. The molecule has 0 unspecified atom stereocenters. The Bertz CT molecular complexity index is 568. The van der Waals surface area contributed by atoms with Gasteiger partial charge in [0.1, 0.15) is 4.90 Å². The molecule has 0 aliphatic heterocycles. The van der Waals surface area contributed by atoms with E-state index >= 15 is 0 Å². The van der Waals surface area contributed by atoms with Gasteiger partial charge in [0.25, 0.3) is 10.0 Å². The molecule has 8 heteroatoms. The highest BCUT2D eigenvalue weighted by Crippen LogP contribution is 2.24. The van der Waals surface area contributed by atoms with Crippen LogP contribution < -0.4 is 0 Å². The Labute approximate surface area is 84.7 Å². The summed E-state index contributed by atoms with van der Waals surface area (Å²) >= 11 is 0. The van der Waals surface area contributed by atoms with Crippen LogP contribution in [-0.4, -0.2) is 14.5 Å². The minimum absolute atomic E-state index is 0.111. The number of azide groups is 1. The molecule has 1 aromatic rings. The van der Waals surface area contributed by atoms with Crippen LogP contribution in [0.4, 0.5) is 5.69 Å². The van der Waals surface area contributed by atoms with E-state index in [2.05, 4.69) is 14.4 Å². The second kappa shape index (κ2) is 4.39. The summed E-state index contributed by atoms with van der Waals surface area (Å²) in [5.41, 5.74) is 7.94. The maximum absolute atomic E-state index is 11.3. The maximum atomic E-state index is 11.3. The van der Waals surface area contributed by atoms with Gasteiger partial charge in [-0.15, -0.1) is 0 Å². The molecule has 7 nitrogen and oxygen atoms in total. The van der Waals surface area contributed by atoms with Crippen LogP contribution in [0.5, 0.6) is 0 Å². The molecular formula is C7H4N4O3S. The maximum Gasteiger partial charge on any atom is 0.266 e. The lowest BCUT2D eigenvalue weighted by Crippen LogP contribution is -1.95. The first-order valence-corrected chi connectivity index (χ1v) is 5.04. The van der Waals surface area contributed by atoms with Gasteiger partial charge in [0.05, 0.1) is 5.69 Å². The smallest absolute Gasteiger partial charge is 0.216 e. The molecule has 0 heterocycles. The highest BCUT2D eigenvalue weighted by molar-refractivity contribution is 7.90. The summed E-state index contributed by atoms with van der Waals surface area (Å²) in [5, 5.41) is 0. The van der Waals surface area contributed by atoms with Crippen molar-refractivity contribution < 1.29 is 13.2 Å². The lowest BCUT2D eigenvalue weighted by molar-refractivity contribution is 0.565. The zero-order chi connectivity index (χ0) is 11.3. The van der Waals surface area contributed by atoms with Crippen LogP contribution in [0, 0.1) is 0 Å². The molecule has 0 aromatic heterocycles. The van der Waals surface area contributed by atoms with E-state index in [4.69, 9.17) is 5.53 Å². The lowest BCUT2D eigenvalue weighted by Gasteiger charge is -1.99. The first-order chi connectivity index (χ1) is 7.11. The minimum atomic E-state index is -4.13. The molecular weight excluding hydrogens is 220 g/mol. The largest absolute Gasteiger partial charge is 0.266 e. The zero-order valence-corrected chi connectivity index (χ0v) is 8.05. The van der Waals surface area contributed by atoms with Crippen molar-refractivity contribution in [2.24, 2.45) is 9.51 Å². The van der Waals surface area contributed by atoms with Gasteiger partial charge in [0.2, 0.25) is 6.08 Å². The SMILES string of the molecule is [N-]=[N+]=NS(=O)(=O)c1ccccc1N=C=O. The van der Waals surface area contributed by atoms with Gasteiger partial charge in [0.15, 0.2) is 0 Å². The van der Waals surface area contributed by atoms with Crippen LogP contribution in [0.3, 0.4) is 0 Å². The van der Waals surface area contributed by atoms with E-state index in [1.165, 1.54) is 30.3 Å². The van der Waals surface area contributed by atoms with Gasteiger partial charge < -0.3 is 0 Å². The van der Waals surface area contributed by atoms with E-state index in [-0.39, 0.29) is 10.6 Å². The quantitative estimate of drug-likeness (QED) is 0.255. The van der Waals surface area contributed by atoms with E-state index in [9.17, 15) is 13.2 Å². The Kier molecular flexibility index (Phi) is 3.20. The van der Waals surface area contributed by atoms with Crippen molar-refractivity contribution in [3.8, 4) is 0 Å². The van der Waals surface area contributed by atoms with Gasteiger partial charge >= 0.3 is 0 Å². The summed E-state index contributed by atoms with van der Waals surface area (Å²) in [6, 6.07) is 5.39. The third-order valence-corrected chi connectivity index (χ3v) is 2.64. The second-order valence-corrected chi connectivity index (χ2v) is 3.87. The van der Waals surface area contributed by atoms with Crippen molar-refractivity contribution in [3.05, 3.63) is 34.7 Å². The fourth-order valence-corrected chi connectivity index (χ4v) is 1.72. The summed E-state index contributed by atoms with van der Waals surface area (Å²) in [5.74, 6) is 0. The summed E-state index contributed by atoms with van der Waals surface area (Å²) in [7, 11) is -4.13. The standard InChI is InChI=1S/C7H4N4O3S/c8-10-11-15(13,14)7-4-2-1-3-6(7)9-5-12/h1-4H. The first kappa shape index (κ1) is 10.9. The number of carbonyl (C=O) groups excluding carboxylic acids is 1. The van der Waals surface area contributed by atoms with Gasteiger partial charge in [-0.1, -0.05) is 12.1 Å². The number of isocyanates is 1. The molecule has 0 spiro atoms. The van der Waals surface area contributed by atoms with Crippen molar-refractivity contribution in [2.45, 2.75) is 4.90 Å². The molecule has 0 bridgehead atoms. The van der Waals surface area contributed by atoms with Gasteiger partial charge in [-0.3, -0.25) is 0 Å². The molecule has 0 fully saturated rings. The summed E-state index contributed by atoms with van der Waals surface area (Å²) < 4.78 is 25.3. The molecule has 1 rings (SSSR count). The van der Waals surface area contributed by atoms with E-state index in [0.29, 0.717) is 0 Å². The molecule has 0 aliphatic carbocycles. The Morgan fingerprint density at radius 1 is 1.33 bits per heavy atom. The summed E-state index contributed by atoms with van der Waals surface area (Å²) in [6.45, 7) is 0.